The van der Waals surface area contributed by atoms with Crippen LogP contribution in [0, 0.1) is 11.3 Å². The monoisotopic (exact) mass is 407 g/mol. The lowest BCUT2D eigenvalue weighted by Gasteiger charge is -2.19. The van der Waals surface area contributed by atoms with Gasteiger partial charge in [0, 0.05) is 14.1 Å². The van der Waals surface area contributed by atoms with Crippen LogP contribution in [0.15, 0.2) is 59.9 Å². The van der Waals surface area contributed by atoms with E-state index in [-0.39, 0.29) is 12.2 Å². The number of esters is 1. The molecule has 2 aromatic carbocycles. The lowest BCUT2D eigenvalue weighted by Crippen LogP contribution is -2.28. The molecular weight excluding hydrogens is 386 g/mol. The van der Waals surface area contributed by atoms with Gasteiger partial charge < -0.3 is 24.0 Å². The maximum absolute atomic E-state index is 12.6. The minimum absolute atomic E-state index is 0.0833. The first kappa shape index (κ1) is 20.7. The van der Waals surface area contributed by atoms with Crippen LogP contribution in [0.1, 0.15) is 0 Å². The van der Waals surface area contributed by atoms with Crippen LogP contribution in [0.2, 0.25) is 0 Å². The summed E-state index contributed by atoms with van der Waals surface area (Å²) in [6, 6.07) is 16.2. The second-order valence-corrected chi connectivity index (χ2v) is 6.47. The van der Waals surface area contributed by atoms with Gasteiger partial charge in [-0.3, -0.25) is 4.79 Å². The summed E-state index contributed by atoms with van der Waals surface area (Å²) in [6.07, 6.45) is 0. The normalized spacial score (nSPS) is 12.1. The van der Waals surface area contributed by atoms with E-state index in [0.717, 1.165) is 11.4 Å². The van der Waals surface area contributed by atoms with E-state index in [0.29, 0.717) is 17.3 Å². The van der Waals surface area contributed by atoms with Crippen LogP contribution < -0.4 is 19.3 Å². The van der Waals surface area contributed by atoms with Crippen molar-refractivity contribution >= 4 is 23.1 Å². The van der Waals surface area contributed by atoms with Crippen molar-refractivity contribution < 1.29 is 23.8 Å². The Balaban J connectivity index is 1.61. The Labute approximate surface area is 174 Å². The highest BCUT2D eigenvalue weighted by atomic mass is 16.6. The number of hydrogen-bond acceptors (Lipinski definition) is 8. The Morgan fingerprint density at radius 3 is 2.03 bits per heavy atom. The van der Waals surface area contributed by atoms with Crippen molar-refractivity contribution in [2.24, 2.45) is 0 Å². The smallest absolute Gasteiger partial charge is 0.344 e. The summed E-state index contributed by atoms with van der Waals surface area (Å²) >= 11 is 0. The average molecular weight is 407 g/mol. The summed E-state index contributed by atoms with van der Waals surface area (Å²) in [5, 5.41) is 9.57. The maximum atomic E-state index is 12.6. The third kappa shape index (κ3) is 4.20. The summed E-state index contributed by atoms with van der Waals surface area (Å²) in [4.78, 5) is 28.1. The number of fused-ring (bicyclic) bond motifs is 1. The number of Topliss-reactive ketones (excluding diaryl/α,β-unsaturated/α-hetero) is 1. The largest absolute Gasteiger partial charge is 0.497 e. The van der Waals surface area contributed by atoms with E-state index in [2.05, 4.69) is 0 Å². The number of nitriles is 1. The number of carbonyl (C=O) groups excluding carboxylic acids is 2. The van der Waals surface area contributed by atoms with Gasteiger partial charge in [0.2, 0.25) is 5.78 Å². The fourth-order valence-electron chi connectivity index (χ4n) is 3.13. The molecule has 0 unspecified atom stereocenters. The number of methoxy groups -OCH3 is 1. The molecule has 2 aromatic rings. The highest BCUT2D eigenvalue weighted by molar-refractivity contribution is 6.03. The SMILES string of the molecule is COc1ccc(OCC(=O)OCC(=O)C(C#N)=C2N(C)c3ccccc3N2C)cc1. The van der Waals surface area contributed by atoms with Gasteiger partial charge in [-0.25, -0.2) is 4.79 Å². The average Bonchev–Trinajstić information content (AvgIpc) is 3.02. The van der Waals surface area contributed by atoms with Crippen LogP contribution >= 0.6 is 0 Å². The molecular formula is C22H21N3O5. The van der Waals surface area contributed by atoms with Crippen molar-refractivity contribution in [1.82, 2.24) is 0 Å². The zero-order valence-corrected chi connectivity index (χ0v) is 16.9. The molecule has 154 valence electrons. The first-order valence-electron chi connectivity index (χ1n) is 9.12. The van der Waals surface area contributed by atoms with Crippen molar-refractivity contribution in [2.45, 2.75) is 0 Å². The molecule has 0 aliphatic carbocycles. The number of ether oxygens (including phenoxy) is 3. The summed E-state index contributed by atoms with van der Waals surface area (Å²) in [6.45, 7) is -0.904. The highest BCUT2D eigenvalue weighted by Gasteiger charge is 2.31. The molecule has 0 spiro atoms. The van der Waals surface area contributed by atoms with Gasteiger partial charge in [-0.15, -0.1) is 0 Å². The Bertz CT molecular complexity index is 993. The van der Waals surface area contributed by atoms with Gasteiger partial charge in [-0.1, -0.05) is 12.1 Å². The van der Waals surface area contributed by atoms with Gasteiger partial charge in [0.25, 0.3) is 0 Å². The van der Waals surface area contributed by atoms with Gasteiger partial charge in [-0.2, -0.15) is 5.26 Å². The number of rotatable bonds is 7. The third-order valence-electron chi connectivity index (χ3n) is 4.63. The molecule has 3 rings (SSSR count). The Hall–Kier alpha value is -3.99. The highest BCUT2D eigenvalue weighted by Crippen LogP contribution is 2.40. The summed E-state index contributed by atoms with van der Waals surface area (Å²) in [7, 11) is 5.10. The molecule has 1 aliphatic rings. The molecule has 0 atom stereocenters. The number of hydrogen-bond donors (Lipinski definition) is 0. The topological polar surface area (TPSA) is 92.1 Å². The minimum Gasteiger partial charge on any atom is -0.497 e. The quantitative estimate of drug-likeness (QED) is 0.393. The zero-order chi connectivity index (χ0) is 21.7. The van der Waals surface area contributed by atoms with E-state index in [4.69, 9.17) is 14.2 Å². The van der Waals surface area contributed by atoms with Crippen molar-refractivity contribution in [3.8, 4) is 17.6 Å². The van der Waals surface area contributed by atoms with Gasteiger partial charge in [-0.05, 0) is 36.4 Å². The van der Waals surface area contributed by atoms with Gasteiger partial charge >= 0.3 is 5.97 Å². The Morgan fingerprint density at radius 2 is 1.50 bits per heavy atom. The number of carbonyl (C=O) groups is 2. The Kier molecular flexibility index (Phi) is 6.23. The van der Waals surface area contributed by atoms with Crippen LogP contribution in [0.25, 0.3) is 0 Å². The molecule has 1 aliphatic heterocycles. The van der Waals surface area contributed by atoms with E-state index in [1.807, 2.05) is 30.3 Å². The summed E-state index contributed by atoms with van der Waals surface area (Å²) in [5.74, 6) is 0.270. The van der Waals surface area contributed by atoms with Crippen LogP contribution in [0.3, 0.4) is 0 Å². The molecule has 30 heavy (non-hydrogen) atoms. The summed E-state index contributed by atoms with van der Waals surface area (Å²) in [5.41, 5.74) is 1.67. The number of benzene rings is 2. The van der Waals surface area contributed by atoms with E-state index >= 15 is 0 Å². The van der Waals surface area contributed by atoms with Crippen molar-refractivity contribution in [2.75, 3.05) is 44.2 Å². The second-order valence-electron chi connectivity index (χ2n) is 6.47. The second kappa shape index (κ2) is 9.01. The van der Waals surface area contributed by atoms with Crippen molar-refractivity contribution in [1.29, 1.82) is 5.26 Å². The van der Waals surface area contributed by atoms with Crippen LogP contribution in [-0.2, 0) is 14.3 Å². The fraction of sp³-hybridized carbons (Fsp3) is 0.227. The van der Waals surface area contributed by atoms with Gasteiger partial charge in [0.1, 0.15) is 29.0 Å². The Morgan fingerprint density at radius 1 is 0.933 bits per heavy atom. The molecule has 0 saturated carbocycles. The third-order valence-corrected chi connectivity index (χ3v) is 4.63. The van der Waals surface area contributed by atoms with Gasteiger partial charge in [0.05, 0.1) is 18.5 Å². The standard InChI is InChI=1S/C22H21N3O5/c1-24-18-6-4-5-7-19(18)25(2)22(24)17(12-23)20(26)13-30-21(27)14-29-16-10-8-15(28-3)9-11-16/h4-11H,13-14H2,1-3H3. The first-order chi connectivity index (χ1) is 14.5. The molecule has 0 radical (unpaired) electrons. The molecule has 8 nitrogen and oxygen atoms in total. The molecule has 0 saturated heterocycles. The van der Waals surface area contributed by atoms with Crippen molar-refractivity contribution in [3.63, 3.8) is 0 Å². The van der Waals surface area contributed by atoms with Crippen LogP contribution in [0.5, 0.6) is 11.5 Å². The number of nitrogens with zero attached hydrogens (tertiary/aromatic N) is 3. The van der Waals surface area contributed by atoms with E-state index in [1.54, 1.807) is 55.3 Å². The molecule has 0 N–H and O–H groups in total. The molecule has 0 aromatic heterocycles. The minimum atomic E-state index is -0.710. The molecule has 0 fully saturated rings. The molecule has 0 bridgehead atoms. The fourth-order valence-corrected chi connectivity index (χ4v) is 3.13. The van der Waals surface area contributed by atoms with E-state index in [9.17, 15) is 14.9 Å². The van der Waals surface area contributed by atoms with Crippen LogP contribution in [0.4, 0.5) is 11.4 Å². The predicted molar refractivity (Wildman–Crippen MR) is 110 cm³/mol. The predicted octanol–water partition coefficient (Wildman–Crippen LogP) is 2.51. The van der Waals surface area contributed by atoms with Gasteiger partial charge in [0.15, 0.2) is 13.2 Å². The molecule has 1 heterocycles. The number of para-hydroxylation sites is 2. The maximum Gasteiger partial charge on any atom is 0.344 e. The number of anilines is 2. The lowest BCUT2D eigenvalue weighted by molar-refractivity contribution is -0.149. The number of ketones is 1. The first-order valence-corrected chi connectivity index (χ1v) is 9.12. The molecule has 8 heteroatoms. The molecule has 0 amide bonds. The van der Waals surface area contributed by atoms with E-state index < -0.39 is 18.4 Å². The van der Waals surface area contributed by atoms with Crippen molar-refractivity contribution in [3.05, 3.63) is 59.9 Å². The zero-order valence-electron chi connectivity index (χ0n) is 16.9. The summed E-state index contributed by atoms with van der Waals surface area (Å²) < 4.78 is 15.4. The lowest BCUT2D eigenvalue weighted by atomic mass is 10.2. The van der Waals surface area contributed by atoms with E-state index in [1.165, 1.54) is 0 Å². The van der Waals surface area contributed by atoms with Crippen LogP contribution in [-0.4, -0.2) is 46.2 Å².